The molecule has 1 aliphatic heterocycles. The Morgan fingerprint density at radius 2 is 2.24 bits per heavy atom. The third kappa shape index (κ3) is 2.42. The molecule has 0 saturated heterocycles. The maximum absolute atomic E-state index is 11.6. The Labute approximate surface area is 101 Å². The summed E-state index contributed by atoms with van der Waals surface area (Å²) >= 11 is 0. The third-order valence-electron chi connectivity index (χ3n) is 3.13. The number of hydrogen-bond donors (Lipinski definition) is 1. The van der Waals surface area contributed by atoms with E-state index >= 15 is 0 Å². The van der Waals surface area contributed by atoms with Crippen molar-refractivity contribution in [1.82, 2.24) is 5.32 Å². The average Bonchev–Trinajstić information content (AvgIpc) is 2.59. The topological polar surface area (TPSA) is 47.6 Å². The molecule has 2 rings (SSSR count). The molecule has 1 aliphatic rings. The minimum atomic E-state index is -0.256. The van der Waals surface area contributed by atoms with Crippen molar-refractivity contribution in [3.05, 3.63) is 29.3 Å². The number of esters is 1. The smallest absolute Gasteiger partial charge is 0.323 e. The van der Waals surface area contributed by atoms with E-state index in [1.165, 1.54) is 12.7 Å². The van der Waals surface area contributed by atoms with Crippen LogP contribution < -0.4 is 10.1 Å². The van der Waals surface area contributed by atoms with E-state index in [0.29, 0.717) is 6.42 Å². The van der Waals surface area contributed by atoms with E-state index in [0.717, 1.165) is 24.3 Å². The fraction of sp³-hybridized carbons (Fsp3) is 0.462. The highest BCUT2D eigenvalue weighted by Gasteiger charge is 2.24. The van der Waals surface area contributed by atoms with Crippen molar-refractivity contribution in [3.63, 3.8) is 0 Å². The lowest BCUT2D eigenvalue weighted by Gasteiger charge is -2.13. The van der Waals surface area contributed by atoms with Gasteiger partial charge >= 0.3 is 5.97 Å². The molecule has 0 fully saturated rings. The Kier molecular flexibility index (Phi) is 3.64. The van der Waals surface area contributed by atoms with Crippen LogP contribution in [0.4, 0.5) is 0 Å². The SMILES string of the molecule is COC(=O)C1Cc2cccc(OC)c2CCN1. The number of hydrogen-bond acceptors (Lipinski definition) is 4. The average molecular weight is 235 g/mol. The molecule has 1 aromatic rings. The van der Waals surface area contributed by atoms with Crippen molar-refractivity contribution < 1.29 is 14.3 Å². The number of rotatable bonds is 2. The van der Waals surface area contributed by atoms with E-state index in [1.807, 2.05) is 18.2 Å². The molecular weight excluding hydrogens is 218 g/mol. The molecule has 17 heavy (non-hydrogen) atoms. The summed E-state index contributed by atoms with van der Waals surface area (Å²) in [7, 11) is 3.09. The van der Waals surface area contributed by atoms with Gasteiger partial charge in [-0.1, -0.05) is 12.1 Å². The van der Waals surface area contributed by atoms with Gasteiger partial charge in [0.2, 0.25) is 0 Å². The summed E-state index contributed by atoms with van der Waals surface area (Å²) in [5.74, 6) is 0.690. The van der Waals surface area contributed by atoms with Gasteiger partial charge in [-0.05, 0) is 30.0 Å². The summed E-state index contributed by atoms with van der Waals surface area (Å²) in [5.41, 5.74) is 2.35. The summed E-state index contributed by atoms with van der Waals surface area (Å²) in [6, 6.07) is 5.70. The van der Waals surface area contributed by atoms with Gasteiger partial charge in [-0.15, -0.1) is 0 Å². The summed E-state index contributed by atoms with van der Waals surface area (Å²) in [5, 5.41) is 3.20. The first-order valence-electron chi connectivity index (χ1n) is 5.72. The Balaban J connectivity index is 2.29. The lowest BCUT2D eigenvalue weighted by atomic mass is 9.99. The number of methoxy groups -OCH3 is 2. The molecule has 1 aromatic carbocycles. The number of nitrogens with one attached hydrogen (secondary N) is 1. The van der Waals surface area contributed by atoms with Gasteiger partial charge in [-0.3, -0.25) is 4.79 Å². The molecule has 0 aromatic heterocycles. The summed E-state index contributed by atoms with van der Waals surface area (Å²) in [6.07, 6.45) is 1.52. The number of carbonyl (C=O) groups excluding carboxylic acids is 1. The second kappa shape index (κ2) is 5.19. The van der Waals surface area contributed by atoms with E-state index in [1.54, 1.807) is 7.11 Å². The molecule has 0 amide bonds. The van der Waals surface area contributed by atoms with Crippen LogP contribution in [0.2, 0.25) is 0 Å². The van der Waals surface area contributed by atoms with Crippen LogP contribution in [-0.2, 0) is 22.4 Å². The zero-order valence-electron chi connectivity index (χ0n) is 10.2. The molecule has 1 heterocycles. The highest BCUT2D eigenvalue weighted by Crippen LogP contribution is 2.25. The van der Waals surface area contributed by atoms with Crippen LogP contribution in [0.25, 0.3) is 0 Å². The number of carbonyl (C=O) groups is 1. The monoisotopic (exact) mass is 235 g/mol. The molecule has 1 N–H and O–H groups in total. The van der Waals surface area contributed by atoms with Gasteiger partial charge in [-0.2, -0.15) is 0 Å². The van der Waals surface area contributed by atoms with Gasteiger partial charge in [0, 0.05) is 6.54 Å². The molecule has 0 saturated carbocycles. The zero-order valence-corrected chi connectivity index (χ0v) is 10.2. The highest BCUT2D eigenvalue weighted by atomic mass is 16.5. The standard InChI is InChI=1S/C13H17NO3/c1-16-12-5-3-4-9-8-11(13(15)17-2)14-7-6-10(9)12/h3-5,11,14H,6-8H2,1-2H3. The first-order valence-corrected chi connectivity index (χ1v) is 5.72. The normalized spacial score (nSPS) is 19.1. The molecule has 0 radical (unpaired) electrons. The first-order chi connectivity index (χ1) is 8.26. The predicted molar refractivity (Wildman–Crippen MR) is 64.2 cm³/mol. The van der Waals surface area contributed by atoms with Crippen LogP contribution in [-0.4, -0.2) is 32.8 Å². The van der Waals surface area contributed by atoms with Crippen LogP contribution in [0, 0.1) is 0 Å². The van der Waals surface area contributed by atoms with E-state index in [2.05, 4.69) is 5.32 Å². The second-order valence-corrected chi connectivity index (χ2v) is 4.08. The Morgan fingerprint density at radius 1 is 1.41 bits per heavy atom. The first kappa shape index (κ1) is 11.9. The van der Waals surface area contributed by atoms with Gasteiger partial charge in [0.15, 0.2) is 0 Å². The van der Waals surface area contributed by atoms with Crippen LogP contribution in [0.3, 0.4) is 0 Å². The van der Waals surface area contributed by atoms with Crippen molar-refractivity contribution in [2.24, 2.45) is 0 Å². The van der Waals surface area contributed by atoms with Crippen molar-refractivity contribution in [2.45, 2.75) is 18.9 Å². The summed E-state index contributed by atoms with van der Waals surface area (Å²) < 4.78 is 10.1. The second-order valence-electron chi connectivity index (χ2n) is 4.08. The number of ether oxygens (including phenoxy) is 2. The molecule has 1 unspecified atom stereocenters. The van der Waals surface area contributed by atoms with Crippen molar-refractivity contribution in [2.75, 3.05) is 20.8 Å². The Hall–Kier alpha value is -1.55. The van der Waals surface area contributed by atoms with Gasteiger partial charge in [0.05, 0.1) is 14.2 Å². The lowest BCUT2D eigenvalue weighted by Crippen LogP contribution is -2.38. The van der Waals surface area contributed by atoms with Crippen LogP contribution in [0.1, 0.15) is 11.1 Å². The molecule has 4 heteroatoms. The maximum atomic E-state index is 11.6. The van der Waals surface area contributed by atoms with Gasteiger partial charge < -0.3 is 14.8 Å². The van der Waals surface area contributed by atoms with Gasteiger partial charge in [-0.25, -0.2) is 0 Å². The molecule has 92 valence electrons. The fourth-order valence-corrected chi connectivity index (χ4v) is 2.25. The Bertz CT molecular complexity index is 417. The number of fused-ring (bicyclic) bond motifs is 1. The predicted octanol–water partition coefficient (Wildman–Crippen LogP) is 0.925. The van der Waals surface area contributed by atoms with Crippen molar-refractivity contribution >= 4 is 5.97 Å². The molecule has 0 aliphatic carbocycles. The Morgan fingerprint density at radius 3 is 2.94 bits per heavy atom. The number of benzene rings is 1. The quantitative estimate of drug-likeness (QED) is 0.775. The largest absolute Gasteiger partial charge is 0.496 e. The molecule has 0 bridgehead atoms. The molecule has 1 atom stereocenters. The van der Waals surface area contributed by atoms with Crippen LogP contribution >= 0.6 is 0 Å². The molecular formula is C13H17NO3. The maximum Gasteiger partial charge on any atom is 0.323 e. The van der Waals surface area contributed by atoms with Crippen LogP contribution in [0.5, 0.6) is 5.75 Å². The minimum absolute atomic E-state index is 0.208. The van der Waals surface area contributed by atoms with Crippen LogP contribution in [0.15, 0.2) is 18.2 Å². The van der Waals surface area contributed by atoms with E-state index in [4.69, 9.17) is 9.47 Å². The highest BCUT2D eigenvalue weighted by molar-refractivity contribution is 5.76. The summed E-state index contributed by atoms with van der Waals surface area (Å²) in [6.45, 7) is 0.757. The van der Waals surface area contributed by atoms with E-state index in [-0.39, 0.29) is 12.0 Å². The van der Waals surface area contributed by atoms with E-state index in [9.17, 15) is 4.79 Å². The minimum Gasteiger partial charge on any atom is -0.496 e. The third-order valence-corrected chi connectivity index (χ3v) is 3.13. The fourth-order valence-electron chi connectivity index (χ4n) is 2.25. The molecule has 4 nitrogen and oxygen atoms in total. The van der Waals surface area contributed by atoms with Gasteiger partial charge in [0.25, 0.3) is 0 Å². The van der Waals surface area contributed by atoms with Crippen molar-refractivity contribution in [1.29, 1.82) is 0 Å². The zero-order chi connectivity index (χ0) is 12.3. The summed E-state index contributed by atoms with van der Waals surface area (Å²) in [4.78, 5) is 11.6. The van der Waals surface area contributed by atoms with Gasteiger partial charge in [0.1, 0.15) is 11.8 Å². The lowest BCUT2D eigenvalue weighted by molar-refractivity contribution is -0.143. The van der Waals surface area contributed by atoms with Crippen molar-refractivity contribution in [3.8, 4) is 5.75 Å². The molecule has 0 spiro atoms. The van der Waals surface area contributed by atoms with E-state index < -0.39 is 0 Å².